The van der Waals surface area contributed by atoms with Crippen molar-refractivity contribution in [3.63, 3.8) is 0 Å². The lowest BCUT2D eigenvalue weighted by molar-refractivity contribution is -0.133. The van der Waals surface area contributed by atoms with Gasteiger partial charge < -0.3 is 5.11 Å². The van der Waals surface area contributed by atoms with Crippen LogP contribution in [0.5, 0.6) is 0 Å². The fourth-order valence-electron chi connectivity index (χ4n) is 1.08. The Morgan fingerprint density at radius 3 is 2.08 bits per heavy atom. The molecular formula is C10H16O3. The maximum absolute atomic E-state index is 11.4. The molecule has 0 saturated carbocycles. The molecule has 0 aromatic heterocycles. The highest BCUT2D eigenvalue weighted by molar-refractivity contribution is 5.99. The molecule has 0 aliphatic rings. The van der Waals surface area contributed by atoms with Gasteiger partial charge in [0.05, 0.1) is 0 Å². The Bertz CT molecular complexity index is 224. The average Bonchev–Trinajstić information content (AvgIpc) is 2.06. The fourth-order valence-corrected chi connectivity index (χ4v) is 1.08. The third-order valence-electron chi connectivity index (χ3n) is 2.08. The molecule has 13 heavy (non-hydrogen) atoms. The SMILES string of the molecule is CCC(CC)C(=O)C=C(C)C(=O)O. The van der Waals surface area contributed by atoms with Crippen LogP contribution in [0.4, 0.5) is 0 Å². The van der Waals surface area contributed by atoms with Crippen molar-refractivity contribution in [3.05, 3.63) is 11.6 Å². The number of carbonyl (C=O) groups excluding carboxylic acids is 1. The number of carboxylic acids is 1. The van der Waals surface area contributed by atoms with Crippen molar-refractivity contribution in [2.45, 2.75) is 33.6 Å². The predicted octanol–water partition coefficient (Wildman–Crippen LogP) is 2.02. The van der Waals surface area contributed by atoms with E-state index in [9.17, 15) is 9.59 Å². The fraction of sp³-hybridized carbons (Fsp3) is 0.600. The molecule has 0 rings (SSSR count). The highest BCUT2D eigenvalue weighted by Crippen LogP contribution is 2.10. The number of ketones is 1. The zero-order chi connectivity index (χ0) is 10.4. The van der Waals surface area contributed by atoms with E-state index in [4.69, 9.17) is 5.11 Å². The largest absolute Gasteiger partial charge is 0.478 e. The molecule has 0 aliphatic carbocycles. The number of carboxylic acid groups (broad SMARTS) is 1. The van der Waals surface area contributed by atoms with Crippen LogP contribution >= 0.6 is 0 Å². The van der Waals surface area contributed by atoms with E-state index in [0.29, 0.717) is 0 Å². The Morgan fingerprint density at radius 2 is 1.77 bits per heavy atom. The van der Waals surface area contributed by atoms with E-state index in [-0.39, 0.29) is 17.3 Å². The van der Waals surface area contributed by atoms with Crippen LogP contribution in [0.2, 0.25) is 0 Å². The second-order valence-electron chi connectivity index (χ2n) is 3.05. The summed E-state index contributed by atoms with van der Waals surface area (Å²) >= 11 is 0. The van der Waals surface area contributed by atoms with Crippen LogP contribution in [0.3, 0.4) is 0 Å². The van der Waals surface area contributed by atoms with Crippen molar-refractivity contribution in [3.8, 4) is 0 Å². The summed E-state index contributed by atoms with van der Waals surface area (Å²) in [5, 5.41) is 8.54. The summed E-state index contributed by atoms with van der Waals surface area (Å²) in [7, 11) is 0. The lowest BCUT2D eigenvalue weighted by Gasteiger charge is -2.07. The molecule has 0 aliphatic heterocycles. The van der Waals surface area contributed by atoms with Gasteiger partial charge in [0.1, 0.15) is 0 Å². The van der Waals surface area contributed by atoms with Crippen molar-refractivity contribution in [2.24, 2.45) is 5.92 Å². The summed E-state index contributed by atoms with van der Waals surface area (Å²) in [6, 6.07) is 0. The molecule has 1 N–H and O–H groups in total. The summed E-state index contributed by atoms with van der Waals surface area (Å²) in [5.74, 6) is -1.14. The van der Waals surface area contributed by atoms with Crippen molar-refractivity contribution < 1.29 is 14.7 Å². The van der Waals surface area contributed by atoms with E-state index in [1.54, 1.807) is 0 Å². The standard InChI is InChI=1S/C10H16O3/c1-4-8(5-2)9(11)6-7(3)10(12)13/h6,8H,4-5H2,1-3H3,(H,12,13). The van der Waals surface area contributed by atoms with Gasteiger partial charge >= 0.3 is 5.97 Å². The lowest BCUT2D eigenvalue weighted by atomic mass is 9.97. The number of aliphatic carboxylic acids is 1. The number of hydrogen-bond donors (Lipinski definition) is 1. The summed E-state index contributed by atoms with van der Waals surface area (Å²) in [4.78, 5) is 21.8. The third kappa shape index (κ3) is 3.87. The van der Waals surface area contributed by atoms with Gasteiger partial charge in [0.15, 0.2) is 5.78 Å². The van der Waals surface area contributed by atoms with E-state index in [0.717, 1.165) is 12.8 Å². The van der Waals surface area contributed by atoms with Crippen molar-refractivity contribution in [1.29, 1.82) is 0 Å². The maximum Gasteiger partial charge on any atom is 0.331 e. The third-order valence-corrected chi connectivity index (χ3v) is 2.08. The Kier molecular flexibility index (Phi) is 5.04. The second kappa shape index (κ2) is 5.51. The van der Waals surface area contributed by atoms with Gasteiger partial charge in [-0.3, -0.25) is 4.79 Å². The predicted molar refractivity (Wildman–Crippen MR) is 50.5 cm³/mol. The summed E-state index contributed by atoms with van der Waals surface area (Å²) in [6.45, 7) is 5.29. The van der Waals surface area contributed by atoms with E-state index >= 15 is 0 Å². The molecule has 0 aromatic carbocycles. The van der Waals surface area contributed by atoms with Crippen LogP contribution in [-0.4, -0.2) is 16.9 Å². The number of allylic oxidation sites excluding steroid dienone is 1. The number of rotatable bonds is 5. The zero-order valence-corrected chi connectivity index (χ0v) is 8.33. The Labute approximate surface area is 78.5 Å². The quantitative estimate of drug-likeness (QED) is 0.665. The van der Waals surface area contributed by atoms with Crippen LogP contribution in [0.15, 0.2) is 11.6 Å². The molecule has 3 heteroatoms. The minimum atomic E-state index is -1.03. The molecule has 0 fully saturated rings. The number of carbonyl (C=O) groups is 2. The molecule has 0 aromatic rings. The molecule has 0 heterocycles. The monoisotopic (exact) mass is 184 g/mol. The molecule has 74 valence electrons. The van der Waals surface area contributed by atoms with E-state index in [2.05, 4.69) is 0 Å². The summed E-state index contributed by atoms with van der Waals surface area (Å²) in [6.07, 6.45) is 2.75. The maximum atomic E-state index is 11.4. The summed E-state index contributed by atoms with van der Waals surface area (Å²) in [5.41, 5.74) is 0.108. The van der Waals surface area contributed by atoms with E-state index < -0.39 is 5.97 Å². The van der Waals surface area contributed by atoms with Crippen LogP contribution in [0.25, 0.3) is 0 Å². The van der Waals surface area contributed by atoms with Crippen molar-refractivity contribution >= 4 is 11.8 Å². The van der Waals surface area contributed by atoms with Gasteiger partial charge in [-0.25, -0.2) is 4.79 Å². The minimum Gasteiger partial charge on any atom is -0.478 e. The first-order valence-electron chi connectivity index (χ1n) is 4.48. The van der Waals surface area contributed by atoms with Gasteiger partial charge in [0.2, 0.25) is 0 Å². The Morgan fingerprint density at radius 1 is 1.31 bits per heavy atom. The Hall–Kier alpha value is -1.12. The van der Waals surface area contributed by atoms with Crippen LogP contribution in [0.1, 0.15) is 33.6 Å². The van der Waals surface area contributed by atoms with Gasteiger partial charge in [-0.15, -0.1) is 0 Å². The zero-order valence-electron chi connectivity index (χ0n) is 8.33. The topological polar surface area (TPSA) is 54.4 Å². The molecule has 0 spiro atoms. The smallest absolute Gasteiger partial charge is 0.331 e. The molecule has 0 bridgehead atoms. The lowest BCUT2D eigenvalue weighted by Crippen LogP contribution is -2.11. The normalized spacial score (nSPS) is 11.8. The van der Waals surface area contributed by atoms with Crippen molar-refractivity contribution in [1.82, 2.24) is 0 Å². The molecule has 0 radical (unpaired) electrons. The van der Waals surface area contributed by atoms with Crippen LogP contribution in [0, 0.1) is 5.92 Å². The average molecular weight is 184 g/mol. The van der Waals surface area contributed by atoms with E-state index in [1.165, 1.54) is 13.0 Å². The van der Waals surface area contributed by atoms with Gasteiger partial charge in [-0.2, -0.15) is 0 Å². The molecule has 0 amide bonds. The van der Waals surface area contributed by atoms with Crippen molar-refractivity contribution in [2.75, 3.05) is 0 Å². The van der Waals surface area contributed by atoms with Crippen LogP contribution < -0.4 is 0 Å². The molecule has 3 nitrogen and oxygen atoms in total. The van der Waals surface area contributed by atoms with Gasteiger partial charge in [-0.1, -0.05) is 13.8 Å². The van der Waals surface area contributed by atoms with E-state index in [1.807, 2.05) is 13.8 Å². The first-order chi connectivity index (χ1) is 6.02. The summed E-state index contributed by atoms with van der Waals surface area (Å²) < 4.78 is 0. The second-order valence-corrected chi connectivity index (χ2v) is 3.05. The molecule has 0 saturated heterocycles. The van der Waals surface area contributed by atoms with Gasteiger partial charge in [0, 0.05) is 11.5 Å². The first-order valence-corrected chi connectivity index (χ1v) is 4.48. The van der Waals surface area contributed by atoms with Gasteiger partial charge in [0.25, 0.3) is 0 Å². The van der Waals surface area contributed by atoms with Gasteiger partial charge in [-0.05, 0) is 25.8 Å². The highest BCUT2D eigenvalue weighted by Gasteiger charge is 2.13. The molecule has 0 unspecified atom stereocenters. The molecular weight excluding hydrogens is 168 g/mol. The number of hydrogen-bond acceptors (Lipinski definition) is 2. The van der Waals surface area contributed by atoms with Crippen LogP contribution in [-0.2, 0) is 9.59 Å². The Balaban J connectivity index is 4.44. The highest BCUT2D eigenvalue weighted by atomic mass is 16.4. The molecule has 0 atom stereocenters. The first kappa shape index (κ1) is 11.9. The minimum absolute atomic E-state index is 0.0331.